The van der Waals surface area contributed by atoms with Gasteiger partial charge in [0.15, 0.2) is 0 Å². The molecule has 0 aromatic heterocycles. The van der Waals surface area contributed by atoms with E-state index >= 15 is 0 Å². The minimum Gasteiger partial charge on any atom is -0.269 e. The molecule has 3 heteroatoms. The van der Waals surface area contributed by atoms with Crippen molar-refractivity contribution in [3.05, 3.63) is 70.8 Å². The van der Waals surface area contributed by atoms with Gasteiger partial charge < -0.3 is 0 Å². The van der Waals surface area contributed by atoms with E-state index in [4.69, 9.17) is 0 Å². The Kier molecular flexibility index (Phi) is 3.29. The number of hydrogen-bond donors (Lipinski definition) is 0. The Bertz CT molecular complexity index is 761. The van der Waals surface area contributed by atoms with Crippen LogP contribution in [0.25, 0.3) is 0 Å². The molecule has 0 atom stereocenters. The van der Waals surface area contributed by atoms with Gasteiger partial charge >= 0.3 is 0 Å². The van der Waals surface area contributed by atoms with Gasteiger partial charge in [-0.1, -0.05) is 36.1 Å². The molecule has 3 nitrogen and oxygen atoms in total. The highest BCUT2D eigenvalue weighted by Crippen LogP contribution is 2.21. The Morgan fingerprint density at radius 3 is 2.24 bits per heavy atom. The van der Waals surface area contributed by atoms with Crippen LogP contribution in [0.5, 0.6) is 0 Å². The van der Waals surface area contributed by atoms with Crippen LogP contribution in [-0.4, -0.2) is 23.3 Å². The zero-order valence-electron chi connectivity index (χ0n) is 11.6. The molecule has 0 bridgehead atoms. The lowest BCUT2D eigenvalue weighted by atomic mass is 10.1. The first-order chi connectivity index (χ1) is 10.2. The van der Waals surface area contributed by atoms with Crippen molar-refractivity contribution in [2.75, 3.05) is 6.54 Å². The summed E-state index contributed by atoms with van der Waals surface area (Å²) in [6.07, 6.45) is 0. The van der Waals surface area contributed by atoms with E-state index in [0.29, 0.717) is 11.1 Å². The van der Waals surface area contributed by atoms with E-state index in [-0.39, 0.29) is 18.4 Å². The van der Waals surface area contributed by atoms with Gasteiger partial charge in [0.1, 0.15) is 0 Å². The normalized spacial score (nSPS) is 12.9. The molecule has 2 aromatic rings. The first-order valence-electron chi connectivity index (χ1n) is 6.67. The van der Waals surface area contributed by atoms with Gasteiger partial charge in [-0.05, 0) is 36.8 Å². The van der Waals surface area contributed by atoms with Gasteiger partial charge in [0.25, 0.3) is 11.8 Å². The molecule has 0 saturated heterocycles. The molecular weight excluding hydrogens is 262 g/mol. The summed E-state index contributed by atoms with van der Waals surface area (Å²) in [6.45, 7) is 2.11. The highest BCUT2D eigenvalue weighted by atomic mass is 16.2. The molecule has 0 spiro atoms. The van der Waals surface area contributed by atoms with Gasteiger partial charge in [-0.25, -0.2) is 0 Å². The van der Waals surface area contributed by atoms with Crippen molar-refractivity contribution >= 4 is 11.8 Å². The van der Waals surface area contributed by atoms with Crippen LogP contribution in [0.3, 0.4) is 0 Å². The van der Waals surface area contributed by atoms with E-state index in [2.05, 4.69) is 11.8 Å². The largest absolute Gasteiger partial charge is 0.269 e. The summed E-state index contributed by atoms with van der Waals surface area (Å²) in [6, 6.07) is 14.7. The molecule has 0 radical (unpaired) electrons. The molecule has 0 aliphatic carbocycles. The Balaban J connectivity index is 1.79. The van der Waals surface area contributed by atoms with Crippen LogP contribution in [0.15, 0.2) is 48.5 Å². The number of rotatable bonds is 1. The van der Waals surface area contributed by atoms with Crippen molar-refractivity contribution in [2.24, 2.45) is 0 Å². The fourth-order valence-corrected chi connectivity index (χ4v) is 2.33. The van der Waals surface area contributed by atoms with E-state index < -0.39 is 0 Å². The number of benzene rings is 2. The monoisotopic (exact) mass is 275 g/mol. The molecule has 3 rings (SSSR count). The third kappa shape index (κ3) is 2.44. The van der Waals surface area contributed by atoms with Gasteiger partial charge in [-0.2, -0.15) is 0 Å². The number of aryl methyl sites for hydroxylation is 1. The molecule has 1 heterocycles. The van der Waals surface area contributed by atoms with Gasteiger partial charge in [-0.15, -0.1) is 0 Å². The van der Waals surface area contributed by atoms with Gasteiger partial charge in [0, 0.05) is 5.56 Å². The minimum atomic E-state index is -0.269. The number of amides is 2. The van der Waals surface area contributed by atoms with Crippen molar-refractivity contribution in [2.45, 2.75) is 6.92 Å². The minimum absolute atomic E-state index is 0.111. The molecule has 0 N–H and O–H groups in total. The van der Waals surface area contributed by atoms with Crippen LogP contribution >= 0.6 is 0 Å². The number of imide groups is 1. The number of nitrogens with zero attached hydrogens (tertiary/aromatic N) is 1. The predicted octanol–water partition coefficient (Wildman–Crippen LogP) is 2.64. The van der Waals surface area contributed by atoms with Crippen molar-refractivity contribution in [1.82, 2.24) is 4.90 Å². The smallest absolute Gasteiger partial charge is 0.262 e. The van der Waals surface area contributed by atoms with Crippen molar-refractivity contribution in [1.29, 1.82) is 0 Å². The Labute approximate surface area is 123 Å². The number of carbonyl (C=O) groups is 2. The third-order valence-electron chi connectivity index (χ3n) is 3.37. The SMILES string of the molecule is Cc1cccc(C#CCN2C(=O)c3ccccc3C2=O)c1. The summed E-state index contributed by atoms with van der Waals surface area (Å²) in [7, 11) is 0. The molecule has 1 aliphatic heterocycles. The van der Waals surface area contributed by atoms with Crippen molar-refractivity contribution < 1.29 is 9.59 Å². The van der Waals surface area contributed by atoms with E-state index in [1.165, 1.54) is 4.90 Å². The van der Waals surface area contributed by atoms with Gasteiger partial charge in [0.05, 0.1) is 17.7 Å². The molecule has 0 unspecified atom stereocenters. The fourth-order valence-electron chi connectivity index (χ4n) is 2.33. The Morgan fingerprint density at radius 2 is 1.62 bits per heavy atom. The van der Waals surface area contributed by atoms with E-state index in [9.17, 15) is 9.59 Å². The van der Waals surface area contributed by atoms with Crippen LogP contribution in [0, 0.1) is 18.8 Å². The second-order valence-electron chi connectivity index (χ2n) is 4.91. The lowest BCUT2D eigenvalue weighted by molar-refractivity contribution is 0.0675. The summed E-state index contributed by atoms with van der Waals surface area (Å²) in [4.78, 5) is 25.5. The fraction of sp³-hybridized carbons (Fsp3) is 0.111. The second kappa shape index (κ2) is 5.26. The van der Waals surface area contributed by atoms with Crippen LogP contribution < -0.4 is 0 Å². The molecule has 102 valence electrons. The van der Waals surface area contributed by atoms with Crippen LogP contribution in [0.1, 0.15) is 31.8 Å². The molecular formula is C18H13NO2. The molecule has 0 saturated carbocycles. The van der Waals surface area contributed by atoms with Crippen LogP contribution in [-0.2, 0) is 0 Å². The zero-order valence-corrected chi connectivity index (χ0v) is 11.6. The molecule has 2 aromatic carbocycles. The average Bonchev–Trinajstić information content (AvgIpc) is 2.73. The number of carbonyl (C=O) groups excluding carboxylic acids is 2. The lowest BCUT2D eigenvalue weighted by Gasteiger charge is -2.08. The highest BCUT2D eigenvalue weighted by molar-refractivity contribution is 6.21. The molecule has 1 aliphatic rings. The van der Waals surface area contributed by atoms with Crippen molar-refractivity contribution in [3.63, 3.8) is 0 Å². The second-order valence-corrected chi connectivity index (χ2v) is 4.91. The van der Waals surface area contributed by atoms with E-state index in [1.807, 2.05) is 31.2 Å². The Hall–Kier alpha value is -2.86. The topological polar surface area (TPSA) is 37.4 Å². The first kappa shape index (κ1) is 13.1. The zero-order chi connectivity index (χ0) is 14.8. The van der Waals surface area contributed by atoms with Crippen LogP contribution in [0.2, 0.25) is 0 Å². The maximum absolute atomic E-state index is 12.1. The molecule has 2 amide bonds. The summed E-state index contributed by atoms with van der Waals surface area (Å²) >= 11 is 0. The van der Waals surface area contributed by atoms with Crippen molar-refractivity contribution in [3.8, 4) is 11.8 Å². The average molecular weight is 275 g/mol. The summed E-state index contributed by atoms with van der Waals surface area (Å²) in [5, 5.41) is 0. The number of hydrogen-bond acceptors (Lipinski definition) is 2. The highest BCUT2D eigenvalue weighted by Gasteiger charge is 2.34. The molecule has 0 fully saturated rings. The van der Waals surface area contributed by atoms with Gasteiger partial charge in [0.2, 0.25) is 0 Å². The molecule has 21 heavy (non-hydrogen) atoms. The predicted molar refractivity (Wildman–Crippen MR) is 79.9 cm³/mol. The van der Waals surface area contributed by atoms with Crippen LogP contribution in [0.4, 0.5) is 0 Å². The van der Waals surface area contributed by atoms with E-state index in [0.717, 1.165) is 11.1 Å². The first-order valence-corrected chi connectivity index (χ1v) is 6.67. The van der Waals surface area contributed by atoms with Gasteiger partial charge in [-0.3, -0.25) is 14.5 Å². The summed E-state index contributed by atoms with van der Waals surface area (Å²) in [5.41, 5.74) is 2.92. The quantitative estimate of drug-likeness (QED) is 0.592. The summed E-state index contributed by atoms with van der Waals surface area (Å²) in [5.74, 6) is 5.35. The maximum Gasteiger partial charge on any atom is 0.262 e. The maximum atomic E-state index is 12.1. The Morgan fingerprint density at radius 1 is 0.952 bits per heavy atom. The standard InChI is InChI=1S/C18H13NO2/c1-13-6-4-7-14(12-13)8-5-11-19-17(20)15-9-2-3-10-16(15)18(19)21/h2-4,6-7,9-10,12H,11H2,1H3. The van der Waals surface area contributed by atoms with E-state index in [1.54, 1.807) is 24.3 Å². The third-order valence-corrected chi connectivity index (χ3v) is 3.37. The summed E-state index contributed by atoms with van der Waals surface area (Å²) < 4.78 is 0. The number of fused-ring (bicyclic) bond motifs is 1. The lowest BCUT2D eigenvalue weighted by Crippen LogP contribution is -2.29.